The fourth-order valence-electron chi connectivity index (χ4n) is 2.95. The van der Waals surface area contributed by atoms with Crippen molar-refractivity contribution in [2.24, 2.45) is 0 Å². The van der Waals surface area contributed by atoms with E-state index >= 15 is 0 Å². The molecule has 0 heterocycles. The molecule has 0 aromatic heterocycles. The Morgan fingerprint density at radius 1 is 0.833 bits per heavy atom. The Labute approximate surface area is 175 Å². The standard InChI is InChI=1S/C24H23NO5/c1-24(2,3)16-13-14-18(19-11-7-8-12-21(19)30-23(27)28)20(15-16)25-22(26)29-17-9-5-4-6-10-17/h4-15H,1-3H3,(H,25,26)(H,27,28). The molecule has 0 spiro atoms. The minimum absolute atomic E-state index is 0.157. The first-order valence-electron chi connectivity index (χ1n) is 9.42. The summed E-state index contributed by atoms with van der Waals surface area (Å²) in [6.45, 7) is 6.20. The molecule has 0 bridgehead atoms. The predicted molar refractivity (Wildman–Crippen MR) is 115 cm³/mol. The summed E-state index contributed by atoms with van der Waals surface area (Å²) in [5.74, 6) is 0.589. The fourth-order valence-corrected chi connectivity index (χ4v) is 2.95. The Hall–Kier alpha value is -3.80. The molecule has 3 aromatic carbocycles. The van der Waals surface area contributed by atoms with Crippen LogP contribution in [0, 0.1) is 0 Å². The minimum Gasteiger partial charge on any atom is -0.449 e. The summed E-state index contributed by atoms with van der Waals surface area (Å²) in [7, 11) is 0. The quantitative estimate of drug-likeness (QED) is 0.392. The minimum atomic E-state index is -1.41. The Morgan fingerprint density at radius 2 is 1.50 bits per heavy atom. The molecule has 0 fully saturated rings. The number of anilines is 1. The van der Waals surface area contributed by atoms with Crippen LogP contribution in [0.1, 0.15) is 26.3 Å². The van der Waals surface area contributed by atoms with Crippen LogP contribution in [0.4, 0.5) is 15.3 Å². The molecule has 0 radical (unpaired) electrons. The number of ether oxygens (including phenoxy) is 2. The topological polar surface area (TPSA) is 84.9 Å². The summed E-state index contributed by atoms with van der Waals surface area (Å²) in [5.41, 5.74) is 2.48. The van der Waals surface area contributed by atoms with Crippen molar-refractivity contribution < 1.29 is 24.2 Å². The van der Waals surface area contributed by atoms with E-state index < -0.39 is 12.2 Å². The summed E-state index contributed by atoms with van der Waals surface area (Å²) in [4.78, 5) is 23.6. The van der Waals surface area contributed by atoms with E-state index in [-0.39, 0.29) is 11.2 Å². The molecular weight excluding hydrogens is 382 g/mol. The van der Waals surface area contributed by atoms with Gasteiger partial charge in [-0.25, -0.2) is 9.59 Å². The van der Waals surface area contributed by atoms with Crippen molar-refractivity contribution in [3.8, 4) is 22.6 Å². The zero-order valence-electron chi connectivity index (χ0n) is 17.0. The van der Waals surface area contributed by atoms with E-state index in [2.05, 4.69) is 26.1 Å². The number of hydrogen-bond donors (Lipinski definition) is 2. The number of rotatable bonds is 4. The summed E-state index contributed by atoms with van der Waals surface area (Å²) in [5, 5.41) is 11.8. The molecule has 0 saturated heterocycles. The maximum absolute atomic E-state index is 12.5. The molecule has 0 aliphatic carbocycles. The molecule has 0 saturated carbocycles. The van der Waals surface area contributed by atoms with Crippen LogP contribution in [0.25, 0.3) is 11.1 Å². The first kappa shape index (κ1) is 20.9. The van der Waals surface area contributed by atoms with Crippen molar-refractivity contribution in [1.82, 2.24) is 0 Å². The summed E-state index contributed by atoms with van der Waals surface area (Å²) in [6.07, 6.45) is -2.06. The molecule has 0 unspecified atom stereocenters. The highest BCUT2D eigenvalue weighted by molar-refractivity contribution is 5.94. The molecule has 2 N–H and O–H groups in total. The van der Waals surface area contributed by atoms with E-state index in [0.29, 0.717) is 22.6 Å². The highest BCUT2D eigenvalue weighted by Gasteiger charge is 2.20. The maximum atomic E-state index is 12.5. The average Bonchev–Trinajstić information content (AvgIpc) is 2.68. The van der Waals surface area contributed by atoms with Gasteiger partial charge in [0.15, 0.2) is 0 Å². The van der Waals surface area contributed by atoms with Crippen molar-refractivity contribution in [1.29, 1.82) is 0 Å². The second-order valence-electron chi connectivity index (χ2n) is 7.70. The number of benzene rings is 3. The lowest BCUT2D eigenvalue weighted by atomic mass is 9.85. The van der Waals surface area contributed by atoms with Crippen LogP contribution in [0.3, 0.4) is 0 Å². The van der Waals surface area contributed by atoms with Gasteiger partial charge in [0.05, 0.1) is 5.69 Å². The molecule has 3 aromatic rings. The van der Waals surface area contributed by atoms with Crippen LogP contribution in [0.5, 0.6) is 11.5 Å². The van der Waals surface area contributed by atoms with Gasteiger partial charge >= 0.3 is 12.2 Å². The van der Waals surface area contributed by atoms with Gasteiger partial charge in [0.25, 0.3) is 0 Å². The molecular formula is C24H23NO5. The van der Waals surface area contributed by atoms with E-state index in [4.69, 9.17) is 14.6 Å². The van der Waals surface area contributed by atoms with E-state index in [0.717, 1.165) is 5.56 Å². The first-order valence-corrected chi connectivity index (χ1v) is 9.42. The van der Waals surface area contributed by atoms with Crippen LogP contribution < -0.4 is 14.8 Å². The van der Waals surface area contributed by atoms with E-state index in [1.54, 1.807) is 48.5 Å². The van der Waals surface area contributed by atoms with E-state index in [1.165, 1.54) is 0 Å². The number of carbonyl (C=O) groups is 2. The van der Waals surface area contributed by atoms with Gasteiger partial charge in [0.1, 0.15) is 11.5 Å². The SMILES string of the molecule is CC(C)(C)c1ccc(-c2ccccc2OC(=O)O)c(NC(=O)Oc2ccccc2)c1. The van der Waals surface area contributed by atoms with Crippen LogP contribution in [0.15, 0.2) is 72.8 Å². The lowest BCUT2D eigenvalue weighted by molar-refractivity contribution is 0.144. The number of hydrogen-bond acceptors (Lipinski definition) is 4. The molecule has 3 rings (SSSR count). The molecule has 0 aliphatic rings. The van der Waals surface area contributed by atoms with E-state index in [9.17, 15) is 9.59 Å². The summed E-state index contributed by atoms with van der Waals surface area (Å²) >= 11 is 0. The second-order valence-corrected chi connectivity index (χ2v) is 7.70. The van der Waals surface area contributed by atoms with Crippen LogP contribution >= 0.6 is 0 Å². The Kier molecular flexibility index (Phi) is 6.06. The Balaban J connectivity index is 2.02. The first-order chi connectivity index (χ1) is 14.2. The number of para-hydroxylation sites is 2. The molecule has 0 atom stereocenters. The Morgan fingerprint density at radius 3 is 2.17 bits per heavy atom. The molecule has 1 amide bonds. The normalized spacial score (nSPS) is 10.9. The molecule has 154 valence electrons. The van der Waals surface area contributed by atoms with Crippen molar-refractivity contribution in [3.05, 3.63) is 78.4 Å². The van der Waals surface area contributed by atoms with Crippen LogP contribution in [0.2, 0.25) is 0 Å². The van der Waals surface area contributed by atoms with Gasteiger partial charge in [-0.2, -0.15) is 0 Å². The zero-order valence-corrected chi connectivity index (χ0v) is 17.0. The Bertz CT molecular complexity index is 1050. The lowest BCUT2D eigenvalue weighted by Crippen LogP contribution is -2.18. The third-order valence-electron chi connectivity index (χ3n) is 4.45. The average molecular weight is 405 g/mol. The monoisotopic (exact) mass is 405 g/mol. The number of amides is 1. The maximum Gasteiger partial charge on any atom is 0.511 e. The van der Waals surface area contributed by atoms with Gasteiger partial charge < -0.3 is 14.6 Å². The van der Waals surface area contributed by atoms with Crippen molar-refractivity contribution in [2.45, 2.75) is 26.2 Å². The number of nitrogens with one attached hydrogen (secondary N) is 1. The molecule has 6 heteroatoms. The van der Waals surface area contributed by atoms with Crippen LogP contribution in [-0.2, 0) is 5.41 Å². The third kappa shape index (κ3) is 5.17. The van der Waals surface area contributed by atoms with Crippen molar-refractivity contribution in [2.75, 3.05) is 5.32 Å². The van der Waals surface area contributed by atoms with Gasteiger partial charge in [0, 0.05) is 11.1 Å². The molecule has 30 heavy (non-hydrogen) atoms. The lowest BCUT2D eigenvalue weighted by Gasteiger charge is -2.22. The van der Waals surface area contributed by atoms with Gasteiger partial charge in [-0.15, -0.1) is 0 Å². The molecule has 6 nitrogen and oxygen atoms in total. The van der Waals surface area contributed by atoms with Gasteiger partial charge in [-0.1, -0.05) is 69.3 Å². The van der Waals surface area contributed by atoms with Gasteiger partial charge in [0.2, 0.25) is 0 Å². The highest BCUT2D eigenvalue weighted by Crippen LogP contribution is 2.38. The van der Waals surface area contributed by atoms with Crippen molar-refractivity contribution >= 4 is 17.9 Å². The van der Waals surface area contributed by atoms with Crippen LogP contribution in [-0.4, -0.2) is 17.4 Å². The summed E-state index contributed by atoms with van der Waals surface area (Å²) in [6, 6.07) is 21.1. The number of carbonyl (C=O) groups excluding carboxylic acids is 1. The summed E-state index contributed by atoms with van der Waals surface area (Å²) < 4.78 is 10.3. The largest absolute Gasteiger partial charge is 0.511 e. The fraction of sp³-hybridized carbons (Fsp3) is 0.167. The van der Waals surface area contributed by atoms with Crippen molar-refractivity contribution in [3.63, 3.8) is 0 Å². The second kappa shape index (κ2) is 8.69. The van der Waals surface area contributed by atoms with Gasteiger partial charge in [-0.05, 0) is 35.2 Å². The smallest absolute Gasteiger partial charge is 0.449 e. The van der Waals surface area contributed by atoms with Gasteiger partial charge in [-0.3, -0.25) is 5.32 Å². The van der Waals surface area contributed by atoms with E-state index in [1.807, 2.05) is 24.3 Å². The zero-order chi connectivity index (χ0) is 21.7. The predicted octanol–water partition coefficient (Wildman–Crippen LogP) is 6.32. The third-order valence-corrected chi connectivity index (χ3v) is 4.45. The number of carboxylic acid groups (broad SMARTS) is 1. The highest BCUT2D eigenvalue weighted by atomic mass is 16.7. The molecule has 0 aliphatic heterocycles.